The number of aliphatic hydroxyl groups is 2. The Morgan fingerprint density at radius 2 is 0.857 bits per heavy atom. The summed E-state index contributed by atoms with van der Waals surface area (Å²) in [5.41, 5.74) is 2.15. The van der Waals surface area contributed by atoms with Gasteiger partial charge >= 0.3 is 0 Å². The molecule has 9 nitrogen and oxygen atoms in total. The van der Waals surface area contributed by atoms with E-state index in [-0.39, 0.29) is 13.2 Å². The Labute approximate surface area is 208 Å². The van der Waals surface area contributed by atoms with Crippen LogP contribution in [0.2, 0.25) is 0 Å². The first kappa shape index (κ1) is 28.7. The Bertz CT molecular complexity index is 709. The smallest absolute Gasteiger partial charge is 0.119 e. The molecule has 0 aromatic heterocycles. The number of benzene rings is 2. The zero-order chi connectivity index (χ0) is 25.1. The molecule has 0 atom stereocenters. The number of anilines is 2. The van der Waals surface area contributed by atoms with E-state index in [4.69, 9.17) is 33.9 Å². The van der Waals surface area contributed by atoms with Crippen molar-refractivity contribution in [3.63, 3.8) is 0 Å². The van der Waals surface area contributed by atoms with Gasteiger partial charge in [0.2, 0.25) is 0 Å². The fourth-order valence-electron chi connectivity index (χ4n) is 3.12. The second-order valence-corrected chi connectivity index (χ2v) is 7.81. The normalized spacial score (nSPS) is 10.9. The van der Waals surface area contributed by atoms with E-state index in [0.717, 1.165) is 36.0 Å². The number of aliphatic hydroxyl groups excluding tert-OH is 2. The van der Waals surface area contributed by atoms with Crippen molar-refractivity contribution in [2.24, 2.45) is 0 Å². The minimum Gasteiger partial charge on any atom is -0.491 e. The Kier molecular flexibility index (Phi) is 14.6. The Morgan fingerprint density at radius 3 is 1.20 bits per heavy atom. The molecule has 0 fully saturated rings. The molecule has 9 heteroatoms. The summed E-state index contributed by atoms with van der Waals surface area (Å²) in [7, 11) is 4.03. The molecule has 2 N–H and O–H groups in total. The first-order chi connectivity index (χ1) is 17.1. The van der Waals surface area contributed by atoms with Crippen molar-refractivity contribution >= 4 is 11.4 Å². The number of hydrogen-bond acceptors (Lipinski definition) is 9. The third-order valence-corrected chi connectivity index (χ3v) is 5.16. The Morgan fingerprint density at radius 1 is 0.514 bits per heavy atom. The van der Waals surface area contributed by atoms with Crippen molar-refractivity contribution in [2.45, 2.75) is 0 Å². The maximum Gasteiger partial charge on any atom is 0.119 e. The van der Waals surface area contributed by atoms with Gasteiger partial charge in [-0.1, -0.05) is 0 Å². The van der Waals surface area contributed by atoms with Crippen LogP contribution in [0.1, 0.15) is 0 Å². The second kappa shape index (κ2) is 17.8. The zero-order valence-electron chi connectivity index (χ0n) is 20.9. The maximum atomic E-state index is 8.80. The van der Waals surface area contributed by atoms with Gasteiger partial charge in [0, 0.05) is 38.6 Å². The summed E-state index contributed by atoms with van der Waals surface area (Å²) < 4.78 is 27.6. The summed E-state index contributed by atoms with van der Waals surface area (Å²) in [5.74, 6) is 1.49. The van der Waals surface area contributed by atoms with Crippen LogP contribution in [0.3, 0.4) is 0 Å². The molecule has 0 radical (unpaired) electrons. The standard InChI is InChI=1S/C26H40N2O7/c1-27(23-3-7-25(8-4-23)34-17-13-29)11-15-31-19-21-33-22-20-32-16-12-28(2)24-5-9-26(10-6-24)35-18-14-30/h3-10,29-30H,11-22H2,1-2H3. The van der Waals surface area contributed by atoms with Gasteiger partial charge in [-0.25, -0.2) is 0 Å². The van der Waals surface area contributed by atoms with E-state index in [0.29, 0.717) is 52.9 Å². The highest BCUT2D eigenvalue weighted by molar-refractivity contribution is 5.49. The van der Waals surface area contributed by atoms with Crippen molar-refractivity contribution in [3.8, 4) is 11.5 Å². The first-order valence-electron chi connectivity index (χ1n) is 12.0. The SMILES string of the molecule is CN(CCOCCOCCOCCN(C)c1ccc(OCCO)cc1)c1ccc(OCCO)cc1. The molecule has 0 saturated heterocycles. The average molecular weight is 493 g/mol. The van der Waals surface area contributed by atoms with Crippen molar-refractivity contribution in [2.75, 3.05) is 103 Å². The maximum absolute atomic E-state index is 8.80. The first-order valence-corrected chi connectivity index (χ1v) is 12.0. The van der Waals surface area contributed by atoms with Gasteiger partial charge in [0.25, 0.3) is 0 Å². The van der Waals surface area contributed by atoms with Crippen LogP contribution in [-0.4, -0.2) is 103 Å². The second-order valence-electron chi connectivity index (χ2n) is 7.81. The molecule has 2 aromatic rings. The van der Waals surface area contributed by atoms with Crippen molar-refractivity contribution < 1.29 is 33.9 Å². The summed E-state index contributed by atoms with van der Waals surface area (Å²) in [4.78, 5) is 4.22. The third kappa shape index (κ3) is 12.1. The molecule has 0 aliphatic rings. The Hall–Kier alpha value is -2.56. The quantitative estimate of drug-likeness (QED) is 0.269. The fraction of sp³-hybridized carbons (Fsp3) is 0.538. The molecule has 196 valence electrons. The van der Waals surface area contributed by atoms with Gasteiger partial charge in [-0.05, 0) is 48.5 Å². The van der Waals surface area contributed by atoms with Gasteiger partial charge in [0.15, 0.2) is 0 Å². The molecule has 0 saturated carbocycles. The lowest BCUT2D eigenvalue weighted by Gasteiger charge is -2.20. The molecule has 2 aromatic carbocycles. The molecule has 0 bridgehead atoms. The number of nitrogens with zero attached hydrogens (tertiary/aromatic N) is 2. The average Bonchev–Trinajstić information content (AvgIpc) is 2.89. The van der Waals surface area contributed by atoms with Crippen LogP contribution in [-0.2, 0) is 14.2 Å². The highest BCUT2D eigenvalue weighted by atomic mass is 16.5. The molecule has 0 aliphatic carbocycles. The zero-order valence-corrected chi connectivity index (χ0v) is 20.9. The lowest BCUT2D eigenvalue weighted by molar-refractivity contribution is 0.0173. The van der Waals surface area contributed by atoms with Gasteiger partial charge in [0.05, 0.1) is 52.9 Å². The molecule has 0 heterocycles. The summed E-state index contributed by atoms with van der Waals surface area (Å²) in [6.45, 7) is 5.54. The molecule has 0 aliphatic heterocycles. The van der Waals surface area contributed by atoms with E-state index in [1.807, 2.05) is 62.6 Å². The van der Waals surface area contributed by atoms with Crippen molar-refractivity contribution in [1.82, 2.24) is 0 Å². The molecule has 2 rings (SSSR count). The van der Waals surface area contributed by atoms with Crippen molar-refractivity contribution in [3.05, 3.63) is 48.5 Å². The molecule has 0 amide bonds. The van der Waals surface area contributed by atoms with E-state index in [9.17, 15) is 0 Å². The van der Waals surface area contributed by atoms with Crippen LogP contribution < -0.4 is 19.3 Å². The number of ether oxygens (including phenoxy) is 5. The number of hydrogen-bond donors (Lipinski definition) is 2. The summed E-state index contributed by atoms with van der Waals surface area (Å²) in [6, 6.07) is 15.5. The number of likely N-dealkylation sites (N-methyl/N-ethyl adjacent to an activating group) is 2. The van der Waals surface area contributed by atoms with Gasteiger partial charge in [-0.15, -0.1) is 0 Å². The molecular formula is C26H40N2O7. The van der Waals surface area contributed by atoms with E-state index in [2.05, 4.69) is 9.80 Å². The van der Waals surface area contributed by atoms with Gasteiger partial charge in [-0.3, -0.25) is 0 Å². The van der Waals surface area contributed by atoms with Crippen LogP contribution in [0, 0.1) is 0 Å². The fourth-order valence-corrected chi connectivity index (χ4v) is 3.12. The summed E-state index contributed by atoms with van der Waals surface area (Å²) in [5, 5.41) is 17.6. The van der Waals surface area contributed by atoms with Crippen LogP contribution in [0.5, 0.6) is 11.5 Å². The van der Waals surface area contributed by atoms with E-state index < -0.39 is 0 Å². The highest BCUT2D eigenvalue weighted by Crippen LogP contribution is 2.19. The van der Waals surface area contributed by atoms with Gasteiger partial charge < -0.3 is 43.7 Å². The third-order valence-electron chi connectivity index (χ3n) is 5.16. The minimum atomic E-state index is 0.00760. The van der Waals surface area contributed by atoms with E-state index in [1.165, 1.54) is 0 Å². The van der Waals surface area contributed by atoms with Crippen LogP contribution >= 0.6 is 0 Å². The van der Waals surface area contributed by atoms with Crippen LogP contribution in [0.15, 0.2) is 48.5 Å². The predicted molar refractivity (Wildman–Crippen MR) is 137 cm³/mol. The van der Waals surface area contributed by atoms with Gasteiger partial charge in [0.1, 0.15) is 24.7 Å². The molecule has 35 heavy (non-hydrogen) atoms. The summed E-state index contributed by atoms with van der Waals surface area (Å²) in [6.07, 6.45) is 0. The molecule has 0 spiro atoms. The van der Waals surface area contributed by atoms with E-state index in [1.54, 1.807) is 0 Å². The molecule has 0 unspecified atom stereocenters. The van der Waals surface area contributed by atoms with Crippen LogP contribution in [0.25, 0.3) is 0 Å². The minimum absolute atomic E-state index is 0.00760. The lowest BCUT2D eigenvalue weighted by atomic mass is 10.3. The number of rotatable bonds is 20. The predicted octanol–water partition coefficient (Wildman–Crippen LogP) is 2.05. The lowest BCUT2D eigenvalue weighted by Crippen LogP contribution is -2.24. The Balaban J connectivity index is 1.43. The van der Waals surface area contributed by atoms with Crippen LogP contribution in [0.4, 0.5) is 11.4 Å². The largest absolute Gasteiger partial charge is 0.491 e. The molecular weight excluding hydrogens is 452 g/mol. The topological polar surface area (TPSA) is 93.1 Å². The van der Waals surface area contributed by atoms with E-state index >= 15 is 0 Å². The highest BCUT2D eigenvalue weighted by Gasteiger charge is 2.03. The van der Waals surface area contributed by atoms with Crippen molar-refractivity contribution in [1.29, 1.82) is 0 Å². The van der Waals surface area contributed by atoms with Gasteiger partial charge in [-0.2, -0.15) is 0 Å². The monoisotopic (exact) mass is 492 g/mol. The summed E-state index contributed by atoms with van der Waals surface area (Å²) >= 11 is 0.